The van der Waals surface area contributed by atoms with Crippen LogP contribution < -0.4 is 5.14 Å². The summed E-state index contributed by atoms with van der Waals surface area (Å²) < 4.78 is 35.5. The Morgan fingerprint density at radius 2 is 1.68 bits per heavy atom. The number of benzene rings is 2. The second-order valence-electron chi connectivity index (χ2n) is 5.92. The largest absolute Gasteiger partial charge is 0.339 e. The van der Waals surface area contributed by atoms with Gasteiger partial charge in [-0.05, 0) is 48.7 Å². The molecule has 0 aliphatic rings. The van der Waals surface area contributed by atoms with Crippen LogP contribution >= 0.6 is 0 Å². The molecule has 2 aromatic carbocycles. The second-order valence-corrected chi connectivity index (χ2v) is 7.48. The SMILES string of the molecule is CC(c1ccc(S(N)(=O)=O)cc1)N(C)C(=O)CCc1ccc(F)cc1. The molecule has 0 saturated heterocycles. The van der Waals surface area contributed by atoms with Crippen molar-refractivity contribution in [1.82, 2.24) is 4.90 Å². The molecule has 1 atom stereocenters. The second kappa shape index (κ2) is 7.76. The predicted molar refractivity (Wildman–Crippen MR) is 93.7 cm³/mol. The third-order valence-electron chi connectivity index (χ3n) is 4.21. The summed E-state index contributed by atoms with van der Waals surface area (Å²) in [5.74, 6) is -0.351. The Hall–Kier alpha value is -2.25. The van der Waals surface area contributed by atoms with Crippen LogP contribution in [0, 0.1) is 5.82 Å². The van der Waals surface area contributed by atoms with Crippen molar-refractivity contribution in [2.24, 2.45) is 5.14 Å². The summed E-state index contributed by atoms with van der Waals surface area (Å²) in [6, 6.07) is 12.0. The van der Waals surface area contributed by atoms with Crippen molar-refractivity contribution in [3.05, 3.63) is 65.5 Å². The zero-order valence-corrected chi connectivity index (χ0v) is 15.0. The van der Waals surface area contributed by atoms with E-state index in [1.54, 1.807) is 36.2 Å². The lowest BCUT2D eigenvalue weighted by Crippen LogP contribution is -2.29. The van der Waals surface area contributed by atoms with Crippen LogP contribution in [-0.4, -0.2) is 26.3 Å². The molecular weight excluding hydrogens is 343 g/mol. The standard InChI is InChI=1S/C18H21FN2O3S/c1-13(15-6-10-17(11-7-15)25(20,23)24)21(2)18(22)12-5-14-3-8-16(19)9-4-14/h3-4,6-11,13H,5,12H2,1-2H3,(H2,20,23,24). The van der Waals surface area contributed by atoms with Crippen molar-refractivity contribution in [3.63, 3.8) is 0 Å². The van der Waals surface area contributed by atoms with Crippen molar-refractivity contribution in [3.8, 4) is 0 Å². The Morgan fingerprint density at radius 1 is 1.12 bits per heavy atom. The molecule has 2 N–H and O–H groups in total. The molecule has 2 rings (SSSR count). The monoisotopic (exact) mass is 364 g/mol. The van der Waals surface area contributed by atoms with Crippen LogP contribution in [0.25, 0.3) is 0 Å². The van der Waals surface area contributed by atoms with Gasteiger partial charge in [-0.3, -0.25) is 4.79 Å². The molecule has 0 spiro atoms. The first kappa shape index (κ1) is 19.1. The van der Waals surface area contributed by atoms with Crippen molar-refractivity contribution in [2.45, 2.75) is 30.7 Å². The van der Waals surface area contributed by atoms with E-state index in [0.717, 1.165) is 11.1 Å². The Morgan fingerprint density at radius 3 is 2.20 bits per heavy atom. The van der Waals surface area contributed by atoms with Crippen molar-refractivity contribution in [2.75, 3.05) is 7.05 Å². The Balaban J connectivity index is 1.99. The highest BCUT2D eigenvalue weighted by atomic mass is 32.2. The van der Waals surface area contributed by atoms with Crippen LogP contribution in [0.2, 0.25) is 0 Å². The Kier molecular flexibility index (Phi) is 5.92. The number of amides is 1. The van der Waals surface area contributed by atoms with Crippen molar-refractivity contribution in [1.29, 1.82) is 0 Å². The van der Waals surface area contributed by atoms with E-state index in [1.165, 1.54) is 24.3 Å². The van der Waals surface area contributed by atoms with Gasteiger partial charge in [0.05, 0.1) is 10.9 Å². The molecule has 5 nitrogen and oxygen atoms in total. The smallest absolute Gasteiger partial charge is 0.238 e. The number of nitrogens with zero attached hydrogens (tertiary/aromatic N) is 1. The van der Waals surface area contributed by atoms with E-state index in [1.807, 2.05) is 6.92 Å². The number of sulfonamides is 1. The maximum atomic E-state index is 12.9. The highest BCUT2D eigenvalue weighted by Gasteiger charge is 2.18. The summed E-state index contributed by atoms with van der Waals surface area (Å²) in [4.78, 5) is 14.0. The summed E-state index contributed by atoms with van der Waals surface area (Å²) in [7, 11) is -2.03. The first-order valence-electron chi connectivity index (χ1n) is 7.81. The third-order valence-corrected chi connectivity index (χ3v) is 5.14. The molecule has 0 aromatic heterocycles. The average Bonchev–Trinajstić information content (AvgIpc) is 2.59. The number of nitrogens with two attached hydrogens (primary N) is 1. The summed E-state index contributed by atoms with van der Waals surface area (Å²) in [6.07, 6.45) is 0.836. The minimum Gasteiger partial charge on any atom is -0.339 e. The number of aryl methyl sites for hydroxylation is 1. The van der Waals surface area contributed by atoms with Gasteiger partial charge in [0.2, 0.25) is 15.9 Å². The molecule has 0 radical (unpaired) electrons. The summed E-state index contributed by atoms with van der Waals surface area (Å²) >= 11 is 0. The molecule has 0 aliphatic heterocycles. The zero-order chi connectivity index (χ0) is 18.6. The summed E-state index contributed by atoms with van der Waals surface area (Å²) in [5.41, 5.74) is 1.71. The lowest BCUT2D eigenvalue weighted by atomic mass is 10.1. The quantitative estimate of drug-likeness (QED) is 0.856. The maximum Gasteiger partial charge on any atom is 0.238 e. The molecule has 7 heteroatoms. The maximum absolute atomic E-state index is 12.9. The normalized spacial score (nSPS) is 12.6. The fourth-order valence-electron chi connectivity index (χ4n) is 2.45. The van der Waals surface area contributed by atoms with E-state index in [4.69, 9.17) is 5.14 Å². The van der Waals surface area contributed by atoms with Crippen LogP contribution in [0.4, 0.5) is 4.39 Å². The fourth-order valence-corrected chi connectivity index (χ4v) is 2.97. The van der Waals surface area contributed by atoms with Crippen LogP contribution in [-0.2, 0) is 21.2 Å². The van der Waals surface area contributed by atoms with E-state index >= 15 is 0 Å². The molecule has 0 aliphatic carbocycles. The minimum atomic E-state index is -3.73. The highest BCUT2D eigenvalue weighted by Crippen LogP contribution is 2.21. The first-order valence-corrected chi connectivity index (χ1v) is 9.36. The van der Waals surface area contributed by atoms with Gasteiger partial charge in [-0.15, -0.1) is 0 Å². The topological polar surface area (TPSA) is 80.5 Å². The van der Waals surface area contributed by atoms with Gasteiger partial charge in [0.25, 0.3) is 0 Å². The molecule has 1 unspecified atom stereocenters. The van der Waals surface area contributed by atoms with Gasteiger partial charge >= 0.3 is 0 Å². The van der Waals surface area contributed by atoms with Gasteiger partial charge < -0.3 is 4.90 Å². The van der Waals surface area contributed by atoms with Gasteiger partial charge in [-0.2, -0.15) is 0 Å². The van der Waals surface area contributed by atoms with Crippen molar-refractivity contribution >= 4 is 15.9 Å². The van der Waals surface area contributed by atoms with E-state index in [-0.39, 0.29) is 22.7 Å². The van der Waals surface area contributed by atoms with E-state index < -0.39 is 10.0 Å². The van der Waals surface area contributed by atoms with Crippen LogP contribution in [0.3, 0.4) is 0 Å². The number of hydrogen-bond acceptors (Lipinski definition) is 3. The first-order chi connectivity index (χ1) is 11.7. The third kappa shape index (κ3) is 5.11. The molecule has 0 fully saturated rings. The van der Waals surface area contributed by atoms with Crippen molar-refractivity contribution < 1.29 is 17.6 Å². The number of carbonyl (C=O) groups excluding carboxylic acids is 1. The van der Waals surface area contributed by atoms with Gasteiger partial charge in [-0.1, -0.05) is 24.3 Å². The lowest BCUT2D eigenvalue weighted by Gasteiger charge is -2.25. The van der Waals surface area contributed by atoms with Gasteiger partial charge in [-0.25, -0.2) is 17.9 Å². The highest BCUT2D eigenvalue weighted by molar-refractivity contribution is 7.89. The van der Waals surface area contributed by atoms with Gasteiger partial charge in [0.1, 0.15) is 5.82 Å². The van der Waals surface area contributed by atoms with Gasteiger partial charge in [0.15, 0.2) is 0 Å². The number of rotatable bonds is 6. The van der Waals surface area contributed by atoms with E-state index in [9.17, 15) is 17.6 Å². The summed E-state index contributed by atoms with van der Waals surface area (Å²) in [6.45, 7) is 1.86. The number of primary sulfonamides is 1. The number of halogens is 1. The van der Waals surface area contributed by atoms with E-state index in [2.05, 4.69) is 0 Å². The average molecular weight is 364 g/mol. The molecule has 2 aromatic rings. The van der Waals surface area contributed by atoms with Crippen LogP contribution in [0.5, 0.6) is 0 Å². The van der Waals surface area contributed by atoms with Crippen LogP contribution in [0.1, 0.15) is 30.5 Å². The summed E-state index contributed by atoms with van der Waals surface area (Å²) in [5, 5.41) is 5.08. The molecule has 25 heavy (non-hydrogen) atoms. The molecule has 0 bridgehead atoms. The number of carbonyl (C=O) groups is 1. The number of hydrogen-bond donors (Lipinski definition) is 1. The molecule has 0 heterocycles. The molecule has 0 saturated carbocycles. The Bertz CT molecular complexity index is 834. The predicted octanol–water partition coefficient (Wildman–Crippen LogP) is 2.63. The van der Waals surface area contributed by atoms with E-state index in [0.29, 0.717) is 12.8 Å². The Labute approximate surface area is 147 Å². The lowest BCUT2D eigenvalue weighted by molar-refractivity contribution is -0.131. The molecule has 1 amide bonds. The fraction of sp³-hybridized carbons (Fsp3) is 0.278. The van der Waals surface area contributed by atoms with Crippen LogP contribution in [0.15, 0.2) is 53.4 Å². The molecule has 134 valence electrons. The zero-order valence-electron chi connectivity index (χ0n) is 14.1. The minimum absolute atomic E-state index is 0.0359. The molecular formula is C18H21FN2O3S. The van der Waals surface area contributed by atoms with Gasteiger partial charge in [0, 0.05) is 13.5 Å².